The molecule has 4 aromatic rings. The third kappa shape index (κ3) is 4.95. The molecule has 0 fully saturated rings. The van der Waals surface area contributed by atoms with E-state index < -0.39 is 5.97 Å². The molecule has 2 aromatic carbocycles. The number of anilines is 1. The standard InChI is InChI=1S/C27H24ClN7O3/c28-19-6-8-23(34(30)15-32-29)21(13-19)18-11-20-7-9-24(35(20)25(36)12-18)27-31-14-22(33-27)17-4-1-16(2-5-17)3-10-26(37)38/h1-6,8,10-15,24H,7,9,29-30H2,(H,31,33)(H,37,38)/b10-3+,32-15-. The quantitative estimate of drug-likeness (QED) is 0.0933. The van der Waals surface area contributed by atoms with Crippen LogP contribution >= 0.6 is 11.6 Å². The molecule has 3 heterocycles. The first-order chi connectivity index (χ1) is 18.3. The van der Waals surface area contributed by atoms with Crippen LogP contribution in [0.2, 0.25) is 5.02 Å². The van der Waals surface area contributed by atoms with Crippen molar-refractivity contribution in [3.63, 3.8) is 0 Å². The third-order valence-electron chi connectivity index (χ3n) is 6.42. The summed E-state index contributed by atoms with van der Waals surface area (Å²) in [6.07, 6.45) is 7.05. The van der Waals surface area contributed by atoms with Crippen molar-refractivity contribution in [3.8, 4) is 22.4 Å². The number of pyridine rings is 1. The Bertz CT molecular complexity index is 1620. The van der Waals surface area contributed by atoms with Gasteiger partial charge in [-0.05, 0) is 59.9 Å². The number of nitrogens with two attached hydrogens (primary N) is 2. The lowest BCUT2D eigenvalue weighted by Crippen LogP contribution is -2.30. The number of halogens is 1. The molecule has 11 heteroatoms. The van der Waals surface area contributed by atoms with E-state index in [2.05, 4.69) is 15.1 Å². The number of hydrazone groups is 1. The van der Waals surface area contributed by atoms with Crippen molar-refractivity contribution >= 4 is 35.7 Å². The van der Waals surface area contributed by atoms with Gasteiger partial charge in [-0.3, -0.25) is 9.80 Å². The Kier molecular flexibility index (Phi) is 6.82. The predicted octanol–water partition coefficient (Wildman–Crippen LogP) is 3.77. The Morgan fingerprint density at radius 1 is 1.18 bits per heavy atom. The minimum Gasteiger partial charge on any atom is -0.478 e. The van der Waals surface area contributed by atoms with Crippen LogP contribution in [0.5, 0.6) is 0 Å². The molecular weight excluding hydrogens is 506 g/mol. The van der Waals surface area contributed by atoms with Crippen LogP contribution in [0.15, 0.2) is 76.8 Å². The zero-order chi connectivity index (χ0) is 26.8. The summed E-state index contributed by atoms with van der Waals surface area (Å²) in [7, 11) is 0. The first-order valence-electron chi connectivity index (χ1n) is 11.7. The van der Waals surface area contributed by atoms with Crippen molar-refractivity contribution in [2.24, 2.45) is 16.8 Å². The van der Waals surface area contributed by atoms with Gasteiger partial charge < -0.3 is 20.5 Å². The number of aliphatic carboxylic acids is 1. The van der Waals surface area contributed by atoms with Gasteiger partial charge in [0, 0.05) is 28.4 Å². The monoisotopic (exact) mass is 529 g/mol. The summed E-state index contributed by atoms with van der Waals surface area (Å²) < 4.78 is 1.76. The Morgan fingerprint density at radius 3 is 2.71 bits per heavy atom. The Morgan fingerprint density at radius 2 is 1.97 bits per heavy atom. The fraction of sp³-hybridized carbons (Fsp3) is 0.111. The first kappa shape index (κ1) is 25.0. The van der Waals surface area contributed by atoms with E-state index in [9.17, 15) is 9.59 Å². The van der Waals surface area contributed by atoms with E-state index in [1.54, 1.807) is 35.0 Å². The number of carboxylic acid groups (broad SMARTS) is 1. The lowest BCUT2D eigenvalue weighted by atomic mass is 10.0. The van der Waals surface area contributed by atoms with Crippen molar-refractivity contribution in [3.05, 3.63) is 99.3 Å². The second-order valence-corrected chi connectivity index (χ2v) is 9.24. The lowest BCUT2D eigenvalue weighted by Gasteiger charge is -2.18. The molecule has 0 amide bonds. The second kappa shape index (κ2) is 10.4. The van der Waals surface area contributed by atoms with E-state index in [0.717, 1.165) is 35.0 Å². The molecule has 1 atom stereocenters. The molecular formula is C27H24ClN7O3. The van der Waals surface area contributed by atoms with Crippen molar-refractivity contribution in [1.82, 2.24) is 14.5 Å². The van der Waals surface area contributed by atoms with Gasteiger partial charge in [-0.15, -0.1) is 0 Å². The summed E-state index contributed by atoms with van der Waals surface area (Å²) in [6, 6.07) is 15.9. The molecule has 5 rings (SSSR count). The number of aromatic nitrogens is 3. The molecule has 1 unspecified atom stereocenters. The number of rotatable bonds is 7. The Labute approximate surface area is 222 Å². The number of carboxylic acids is 1. The number of nitrogens with one attached hydrogen (secondary N) is 1. The molecule has 0 aliphatic carbocycles. The van der Waals surface area contributed by atoms with E-state index in [1.165, 1.54) is 17.4 Å². The van der Waals surface area contributed by atoms with Gasteiger partial charge in [0.2, 0.25) is 0 Å². The summed E-state index contributed by atoms with van der Waals surface area (Å²) in [6.45, 7) is 0. The summed E-state index contributed by atoms with van der Waals surface area (Å²) >= 11 is 6.26. The topological polar surface area (TPSA) is 156 Å². The van der Waals surface area contributed by atoms with E-state index in [1.807, 2.05) is 30.3 Å². The SMILES string of the molecule is N/N=C\N(N)c1ccc(Cl)cc1-c1cc2n(c(=O)c1)C(c1ncc(-c3ccc(/C=C/C(=O)O)cc3)[nH]1)CC2. The number of aryl methyl sites for hydroxylation is 1. The Hall–Kier alpha value is -4.67. The lowest BCUT2D eigenvalue weighted by molar-refractivity contribution is -0.131. The number of carbonyl (C=O) groups is 1. The number of H-pyrrole nitrogens is 1. The van der Waals surface area contributed by atoms with Crippen LogP contribution in [-0.4, -0.2) is 31.9 Å². The number of hydrogen-bond acceptors (Lipinski definition) is 6. The van der Waals surface area contributed by atoms with Crippen LogP contribution in [0.1, 0.15) is 29.5 Å². The number of hydrogen-bond donors (Lipinski definition) is 4. The summed E-state index contributed by atoms with van der Waals surface area (Å²) in [5, 5.41) is 14.1. The van der Waals surface area contributed by atoms with Gasteiger partial charge in [0.1, 0.15) is 12.2 Å². The fourth-order valence-corrected chi connectivity index (χ4v) is 4.87. The largest absolute Gasteiger partial charge is 0.478 e. The van der Waals surface area contributed by atoms with Crippen LogP contribution in [0.3, 0.4) is 0 Å². The maximum absolute atomic E-state index is 13.4. The van der Waals surface area contributed by atoms with Gasteiger partial charge >= 0.3 is 5.97 Å². The van der Waals surface area contributed by atoms with E-state index in [-0.39, 0.29) is 11.6 Å². The molecule has 0 bridgehead atoms. The van der Waals surface area contributed by atoms with E-state index in [4.69, 9.17) is 28.4 Å². The average molecular weight is 530 g/mol. The molecule has 192 valence electrons. The molecule has 0 radical (unpaired) electrons. The maximum Gasteiger partial charge on any atom is 0.328 e. The van der Waals surface area contributed by atoms with Gasteiger partial charge in [-0.2, -0.15) is 5.10 Å². The maximum atomic E-state index is 13.4. The number of fused-ring (bicyclic) bond motifs is 1. The normalized spacial score (nSPS) is 14.8. The number of hydrazine groups is 1. The van der Waals surface area contributed by atoms with Crippen molar-refractivity contribution in [1.29, 1.82) is 0 Å². The molecule has 1 aliphatic rings. The van der Waals surface area contributed by atoms with Crippen molar-refractivity contribution < 1.29 is 9.90 Å². The van der Waals surface area contributed by atoms with Crippen LogP contribution in [0.25, 0.3) is 28.5 Å². The highest BCUT2D eigenvalue weighted by Crippen LogP contribution is 2.35. The summed E-state index contributed by atoms with van der Waals surface area (Å²) in [4.78, 5) is 32.0. The van der Waals surface area contributed by atoms with Crippen LogP contribution in [-0.2, 0) is 11.2 Å². The summed E-state index contributed by atoms with van der Waals surface area (Å²) in [5.74, 6) is 11.0. The van der Waals surface area contributed by atoms with Gasteiger partial charge in [0.25, 0.3) is 5.56 Å². The smallest absolute Gasteiger partial charge is 0.328 e. The number of aromatic amines is 1. The average Bonchev–Trinajstić information content (AvgIpc) is 3.55. The molecule has 0 spiro atoms. The zero-order valence-corrected chi connectivity index (χ0v) is 20.8. The minimum absolute atomic E-state index is 0.158. The molecule has 0 saturated carbocycles. The fourth-order valence-electron chi connectivity index (χ4n) is 4.70. The van der Waals surface area contributed by atoms with Crippen molar-refractivity contribution in [2.75, 3.05) is 5.01 Å². The van der Waals surface area contributed by atoms with Crippen LogP contribution < -0.4 is 22.3 Å². The minimum atomic E-state index is -0.998. The number of imidazole rings is 1. The Balaban J connectivity index is 1.45. The highest BCUT2D eigenvalue weighted by Gasteiger charge is 2.28. The predicted molar refractivity (Wildman–Crippen MR) is 148 cm³/mol. The van der Waals surface area contributed by atoms with E-state index >= 15 is 0 Å². The molecule has 1 aliphatic heterocycles. The molecule has 38 heavy (non-hydrogen) atoms. The first-order valence-corrected chi connectivity index (χ1v) is 12.1. The molecule has 0 saturated heterocycles. The highest BCUT2D eigenvalue weighted by molar-refractivity contribution is 6.31. The molecule has 2 aromatic heterocycles. The van der Waals surface area contributed by atoms with Gasteiger partial charge in [-0.1, -0.05) is 35.9 Å². The number of benzene rings is 2. The number of nitrogens with zero attached hydrogens (tertiary/aromatic N) is 4. The van der Waals surface area contributed by atoms with E-state index in [0.29, 0.717) is 34.1 Å². The van der Waals surface area contributed by atoms with Gasteiger partial charge in [-0.25, -0.2) is 15.6 Å². The van der Waals surface area contributed by atoms with Crippen LogP contribution in [0.4, 0.5) is 5.69 Å². The third-order valence-corrected chi connectivity index (χ3v) is 6.66. The zero-order valence-electron chi connectivity index (χ0n) is 20.1. The molecule has 10 nitrogen and oxygen atoms in total. The second-order valence-electron chi connectivity index (χ2n) is 8.81. The van der Waals surface area contributed by atoms with Gasteiger partial charge in [0.05, 0.1) is 23.6 Å². The van der Waals surface area contributed by atoms with Crippen LogP contribution in [0, 0.1) is 0 Å². The highest BCUT2D eigenvalue weighted by atomic mass is 35.5. The van der Waals surface area contributed by atoms with Gasteiger partial charge in [0.15, 0.2) is 0 Å². The molecule has 6 N–H and O–H groups in total. The van der Waals surface area contributed by atoms with Crippen molar-refractivity contribution in [2.45, 2.75) is 18.9 Å². The summed E-state index contributed by atoms with van der Waals surface area (Å²) in [5.41, 5.74) is 5.18.